The lowest BCUT2D eigenvalue weighted by molar-refractivity contribution is -0.118. The van der Waals surface area contributed by atoms with Gasteiger partial charge in [-0.3, -0.25) is 4.79 Å². The predicted octanol–water partition coefficient (Wildman–Crippen LogP) is 3.12. The highest BCUT2D eigenvalue weighted by Gasteiger charge is 2.13. The van der Waals surface area contributed by atoms with Gasteiger partial charge in [0.25, 0.3) is 0 Å². The van der Waals surface area contributed by atoms with Gasteiger partial charge in [0.15, 0.2) is 0 Å². The molecule has 110 valence electrons. The third-order valence-electron chi connectivity index (χ3n) is 3.59. The van der Waals surface area contributed by atoms with E-state index < -0.39 is 0 Å². The Morgan fingerprint density at radius 2 is 2.00 bits per heavy atom. The van der Waals surface area contributed by atoms with E-state index in [1.54, 1.807) is 0 Å². The summed E-state index contributed by atoms with van der Waals surface area (Å²) < 4.78 is 5.36. The van der Waals surface area contributed by atoms with Crippen LogP contribution < -0.4 is 10.6 Å². The van der Waals surface area contributed by atoms with Crippen LogP contribution in [0.5, 0.6) is 0 Å². The lowest BCUT2D eigenvalue weighted by Crippen LogP contribution is -2.22. The van der Waals surface area contributed by atoms with Gasteiger partial charge in [0.2, 0.25) is 5.91 Å². The van der Waals surface area contributed by atoms with E-state index in [1.807, 2.05) is 38.1 Å². The summed E-state index contributed by atoms with van der Waals surface area (Å²) in [7, 11) is 0. The number of carbonyl (C=O) groups is 1. The topological polar surface area (TPSA) is 50.4 Å². The van der Waals surface area contributed by atoms with Crippen LogP contribution in [-0.4, -0.2) is 25.7 Å². The first-order chi connectivity index (χ1) is 9.65. The zero-order chi connectivity index (χ0) is 14.4. The first-order valence-corrected chi connectivity index (χ1v) is 7.37. The Kier molecular flexibility index (Phi) is 5.41. The van der Waals surface area contributed by atoms with E-state index in [0.29, 0.717) is 5.92 Å². The van der Waals surface area contributed by atoms with Gasteiger partial charge in [-0.2, -0.15) is 0 Å². The molecule has 20 heavy (non-hydrogen) atoms. The summed E-state index contributed by atoms with van der Waals surface area (Å²) in [5.41, 5.74) is 1.90. The minimum atomic E-state index is -0.00569. The van der Waals surface area contributed by atoms with E-state index in [4.69, 9.17) is 4.74 Å². The predicted molar refractivity (Wildman–Crippen MR) is 81.9 cm³/mol. The zero-order valence-electron chi connectivity index (χ0n) is 12.3. The Bertz CT molecular complexity index is 440. The molecule has 0 radical (unpaired) electrons. The van der Waals surface area contributed by atoms with Crippen molar-refractivity contribution in [3.63, 3.8) is 0 Å². The normalized spacial score (nSPS) is 16.1. The second-order valence-electron chi connectivity index (χ2n) is 5.66. The zero-order valence-corrected chi connectivity index (χ0v) is 12.3. The molecule has 1 aliphatic heterocycles. The number of rotatable bonds is 5. The smallest absolute Gasteiger partial charge is 0.226 e. The molecule has 0 saturated carbocycles. The molecule has 1 aliphatic rings. The summed E-state index contributed by atoms with van der Waals surface area (Å²) in [5.74, 6) is 0.720. The molecule has 0 bridgehead atoms. The Labute approximate surface area is 120 Å². The molecule has 0 aliphatic carbocycles. The van der Waals surface area contributed by atoms with Crippen molar-refractivity contribution >= 4 is 17.3 Å². The van der Waals surface area contributed by atoms with Crippen molar-refractivity contribution in [1.29, 1.82) is 0 Å². The summed E-state index contributed by atoms with van der Waals surface area (Å²) in [6.07, 6.45) is 2.24. The number of amides is 1. The molecule has 0 unspecified atom stereocenters. The van der Waals surface area contributed by atoms with Gasteiger partial charge in [0, 0.05) is 37.1 Å². The molecule has 1 aromatic rings. The molecular weight excluding hydrogens is 252 g/mol. The SMILES string of the molecule is CC(C)C(=O)Nc1cccc(NCC2CCOCC2)c1. The maximum atomic E-state index is 11.7. The Balaban J connectivity index is 1.87. The number of hydrogen-bond acceptors (Lipinski definition) is 3. The van der Waals surface area contributed by atoms with Crippen molar-refractivity contribution in [2.24, 2.45) is 11.8 Å². The van der Waals surface area contributed by atoms with Crippen molar-refractivity contribution < 1.29 is 9.53 Å². The fraction of sp³-hybridized carbons (Fsp3) is 0.562. The molecular formula is C16H24N2O2. The monoisotopic (exact) mass is 276 g/mol. The van der Waals surface area contributed by atoms with E-state index in [1.165, 1.54) is 0 Å². The van der Waals surface area contributed by atoms with E-state index in [2.05, 4.69) is 10.6 Å². The van der Waals surface area contributed by atoms with Crippen LogP contribution >= 0.6 is 0 Å². The van der Waals surface area contributed by atoms with Gasteiger partial charge in [0.1, 0.15) is 0 Å². The molecule has 1 fully saturated rings. The van der Waals surface area contributed by atoms with Crippen molar-refractivity contribution in [2.75, 3.05) is 30.4 Å². The maximum absolute atomic E-state index is 11.7. The third-order valence-corrected chi connectivity index (χ3v) is 3.59. The Hall–Kier alpha value is -1.55. The molecule has 1 heterocycles. The van der Waals surface area contributed by atoms with Crippen LogP contribution in [0.4, 0.5) is 11.4 Å². The van der Waals surface area contributed by atoms with E-state index >= 15 is 0 Å². The molecule has 0 spiro atoms. The number of benzene rings is 1. The minimum Gasteiger partial charge on any atom is -0.385 e. The Morgan fingerprint density at radius 3 is 2.70 bits per heavy atom. The average Bonchev–Trinajstić information content (AvgIpc) is 2.46. The number of hydrogen-bond donors (Lipinski definition) is 2. The number of carbonyl (C=O) groups excluding carboxylic acids is 1. The van der Waals surface area contributed by atoms with Crippen molar-refractivity contribution in [3.8, 4) is 0 Å². The van der Waals surface area contributed by atoms with E-state index in [0.717, 1.165) is 44.0 Å². The van der Waals surface area contributed by atoms with Gasteiger partial charge >= 0.3 is 0 Å². The molecule has 4 nitrogen and oxygen atoms in total. The van der Waals surface area contributed by atoms with Crippen molar-refractivity contribution in [2.45, 2.75) is 26.7 Å². The lowest BCUT2D eigenvalue weighted by atomic mass is 10.0. The van der Waals surface area contributed by atoms with Crippen LogP contribution in [0.3, 0.4) is 0 Å². The first kappa shape index (κ1) is 14.9. The molecule has 0 atom stereocenters. The summed E-state index contributed by atoms with van der Waals surface area (Å²) in [6, 6.07) is 7.89. The molecule has 4 heteroatoms. The molecule has 1 aromatic carbocycles. The summed E-state index contributed by atoms with van der Waals surface area (Å²) in [6.45, 7) is 6.49. The Morgan fingerprint density at radius 1 is 1.30 bits per heavy atom. The number of nitrogens with one attached hydrogen (secondary N) is 2. The van der Waals surface area contributed by atoms with Crippen LogP contribution in [0, 0.1) is 11.8 Å². The standard InChI is InChI=1S/C16H24N2O2/c1-12(2)16(19)18-15-5-3-4-14(10-15)17-11-13-6-8-20-9-7-13/h3-5,10,12-13,17H,6-9,11H2,1-2H3,(H,18,19). The van der Waals surface area contributed by atoms with Gasteiger partial charge < -0.3 is 15.4 Å². The molecule has 2 rings (SSSR count). The summed E-state index contributed by atoms with van der Waals surface area (Å²) in [4.78, 5) is 11.7. The first-order valence-electron chi connectivity index (χ1n) is 7.37. The number of ether oxygens (including phenoxy) is 1. The van der Waals surface area contributed by atoms with Crippen LogP contribution in [-0.2, 0) is 9.53 Å². The van der Waals surface area contributed by atoms with Crippen LogP contribution in [0.2, 0.25) is 0 Å². The maximum Gasteiger partial charge on any atom is 0.226 e. The lowest BCUT2D eigenvalue weighted by Gasteiger charge is -2.22. The summed E-state index contributed by atoms with van der Waals surface area (Å²) in [5, 5.41) is 6.37. The molecule has 1 saturated heterocycles. The second kappa shape index (κ2) is 7.29. The van der Waals surface area contributed by atoms with Crippen molar-refractivity contribution in [1.82, 2.24) is 0 Å². The second-order valence-corrected chi connectivity index (χ2v) is 5.66. The van der Waals surface area contributed by atoms with Gasteiger partial charge in [-0.05, 0) is 37.0 Å². The average molecular weight is 276 g/mol. The van der Waals surface area contributed by atoms with Crippen LogP contribution in [0.25, 0.3) is 0 Å². The molecule has 0 aromatic heterocycles. The fourth-order valence-electron chi connectivity index (χ4n) is 2.21. The van der Waals surface area contributed by atoms with E-state index in [-0.39, 0.29) is 11.8 Å². The van der Waals surface area contributed by atoms with Crippen LogP contribution in [0.15, 0.2) is 24.3 Å². The van der Waals surface area contributed by atoms with Gasteiger partial charge in [0.05, 0.1) is 0 Å². The minimum absolute atomic E-state index is 0.00569. The largest absolute Gasteiger partial charge is 0.385 e. The molecule has 1 amide bonds. The van der Waals surface area contributed by atoms with Gasteiger partial charge in [-0.1, -0.05) is 19.9 Å². The quantitative estimate of drug-likeness (QED) is 0.868. The highest BCUT2D eigenvalue weighted by atomic mass is 16.5. The number of anilines is 2. The van der Waals surface area contributed by atoms with Crippen molar-refractivity contribution in [3.05, 3.63) is 24.3 Å². The van der Waals surface area contributed by atoms with Gasteiger partial charge in [-0.25, -0.2) is 0 Å². The third kappa shape index (κ3) is 4.53. The molecule has 2 N–H and O–H groups in total. The van der Waals surface area contributed by atoms with Gasteiger partial charge in [-0.15, -0.1) is 0 Å². The summed E-state index contributed by atoms with van der Waals surface area (Å²) >= 11 is 0. The van der Waals surface area contributed by atoms with Crippen LogP contribution in [0.1, 0.15) is 26.7 Å². The highest BCUT2D eigenvalue weighted by Crippen LogP contribution is 2.19. The highest BCUT2D eigenvalue weighted by molar-refractivity contribution is 5.92. The van der Waals surface area contributed by atoms with E-state index in [9.17, 15) is 4.79 Å². The fourth-order valence-corrected chi connectivity index (χ4v) is 2.21.